The van der Waals surface area contributed by atoms with E-state index in [2.05, 4.69) is 25.5 Å². The average Bonchev–Trinajstić information content (AvgIpc) is 3.23. The summed E-state index contributed by atoms with van der Waals surface area (Å²) in [6.45, 7) is 2.11. The van der Waals surface area contributed by atoms with Crippen LogP contribution in [0.5, 0.6) is 0 Å². The van der Waals surface area contributed by atoms with Crippen molar-refractivity contribution >= 4 is 11.8 Å². The highest BCUT2D eigenvalue weighted by molar-refractivity contribution is 5.92. The van der Waals surface area contributed by atoms with Crippen LogP contribution in [0, 0.1) is 5.92 Å². The molecule has 1 aliphatic heterocycles. The van der Waals surface area contributed by atoms with E-state index in [1.54, 1.807) is 18.5 Å². The maximum Gasteiger partial charge on any atom is 0.267 e. The Bertz CT molecular complexity index is 804. The molecule has 0 spiro atoms. The second kappa shape index (κ2) is 9.22. The maximum atomic E-state index is 12.5. The molecule has 0 aromatic carbocycles. The van der Waals surface area contributed by atoms with E-state index in [1.165, 1.54) is 12.8 Å². The lowest BCUT2D eigenvalue weighted by atomic mass is 10.1. The number of likely N-dealkylation sites (tertiary alicyclic amines) is 1. The summed E-state index contributed by atoms with van der Waals surface area (Å²) in [7, 11) is 0. The molecule has 0 unspecified atom stereocenters. The van der Waals surface area contributed by atoms with Gasteiger partial charge in [-0.25, -0.2) is 0 Å². The molecule has 0 bridgehead atoms. The van der Waals surface area contributed by atoms with Gasteiger partial charge in [0.2, 0.25) is 5.91 Å². The van der Waals surface area contributed by atoms with Crippen molar-refractivity contribution in [1.29, 1.82) is 0 Å². The number of hydrogen-bond acceptors (Lipinski definition) is 4. The normalized spacial score (nSPS) is 21.8. The molecule has 2 fully saturated rings. The van der Waals surface area contributed by atoms with Crippen LogP contribution < -0.4 is 10.6 Å². The number of nitrogens with zero attached hydrogens (tertiary/aromatic N) is 2. The van der Waals surface area contributed by atoms with Gasteiger partial charge in [0.25, 0.3) is 5.91 Å². The first kappa shape index (κ1) is 19.6. The summed E-state index contributed by atoms with van der Waals surface area (Å²) in [6, 6.07) is 9.85. The Morgan fingerprint density at radius 3 is 2.66 bits per heavy atom. The van der Waals surface area contributed by atoms with Gasteiger partial charge in [0.15, 0.2) is 0 Å². The van der Waals surface area contributed by atoms with Gasteiger partial charge in [0.05, 0.1) is 12.2 Å². The number of hydrogen-bond donors (Lipinski definition) is 3. The Balaban J connectivity index is 1.29. The lowest BCUT2D eigenvalue weighted by Gasteiger charge is -2.30. The molecule has 7 nitrogen and oxygen atoms in total. The molecule has 4 rings (SSSR count). The van der Waals surface area contributed by atoms with Crippen LogP contribution in [0.1, 0.15) is 48.3 Å². The topological polar surface area (TPSA) is 90.1 Å². The van der Waals surface area contributed by atoms with Gasteiger partial charge in [-0.1, -0.05) is 6.07 Å². The molecular formula is C22H29N5O2. The minimum Gasteiger partial charge on any atom is -0.357 e. The molecule has 3 N–H and O–H groups in total. The predicted molar refractivity (Wildman–Crippen MR) is 110 cm³/mol. The largest absolute Gasteiger partial charge is 0.357 e. The number of nitrogens with one attached hydrogen (secondary N) is 3. The zero-order chi connectivity index (χ0) is 20.1. The van der Waals surface area contributed by atoms with Crippen LogP contribution in [0.3, 0.4) is 0 Å². The predicted octanol–water partition coefficient (Wildman–Crippen LogP) is 2.09. The average molecular weight is 396 g/mol. The van der Waals surface area contributed by atoms with E-state index < -0.39 is 0 Å². The van der Waals surface area contributed by atoms with Crippen molar-refractivity contribution in [2.75, 3.05) is 13.1 Å². The van der Waals surface area contributed by atoms with Gasteiger partial charge < -0.3 is 15.6 Å². The molecule has 2 amide bonds. The number of carbonyl (C=O) groups is 2. The fraction of sp³-hybridized carbons (Fsp3) is 0.500. The van der Waals surface area contributed by atoms with E-state index in [-0.39, 0.29) is 17.9 Å². The Hall–Kier alpha value is -2.67. The monoisotopic (exact) mass is 395 g/mol. The second-order valence-corrected chi connectivity index (χ2v) is 8.12. The second-order valence-electron chi connectivity index (χ2n) is 8.12. The zero-order valence-electron chi connectivity index (χ0n) is 16.6. The van der Waals surface area contributed by atoms with Gasteiger partial charge in [0.1, 0.15) is 5.69 Å². The van der Waals surface area contributed by atoms with Crippen LogP contribution in [-0.4, -0.2) is 51.9 Å². The number of aromatic nitrogens is 2. The summed E-state index contributed by atoms with van der Waals surface area (Å²) in [5.74, 6) is 0.740. The summed E-state index contributed by atoms with van der Waals surface area (Å²) >= 11 is 0. The molecule has 3 heterocycles. The maximum absolute atomic E-state index is 12.5. The van der Waals surface area contributed by atoms with E-state index in [4.69, 9.17) is 0 Å². The highest BCUT2D eigenvalue weighted by Gasteiger charge is 2.38. The smallest absolute Gasteiger partial charge is 0.267 e. The van der Waals surface area contributed by atoms with Gasteiger partial charge in [-0.3, -0.25) is 19.5 Å². The third-order valence-corrected chi connectivity index (χ3v) is 5.89. The number of rotatable bonds is 9. The Kier molecular flexibility index (Phi) is 6.24. The third kappa shape index (κ3) is 5.44. The van der Waals surface area contributed by atoms with E-state index in [9.17, 15) is 9.59 Å². The summed E-state index contributed by atoms with van der Waals surface area (Å²) < 4.78 is 0. The summed E-state index contributed by atoms with van der Waals surface area (Å²) in [5, 5.41) is 6.05. The van der Waals surface area contributed by atoms with Crippen LogP contribution in [0.4, 0.5) is 0 Å². The van der Waals surface area contributed by atoms with Crippen LogP contribution >= 0.6 is 0 Å². The number of aromatic amines is 1. The summed E-state index contributed by atoms with van der Waals surface area (Å²) in [5.41, 5.74) is 1.45. The fourth-order valence-corrected chi connectivity index (χ4v) is 4.11. The molecule has 1 saturated carbocycles. The standard InChI is InChI=1S/C22H29N5O2/c28-21(25-13-17-4-1-2-10-23-17)12-18-8-9-19(27(18)15-16-6-7-16)14-26-22(29)20-5-3-11-24-20/h1-5,10-11,16,18-19,24H,6-9,12-15H2,(H,25,28)(H,26,29)/t18-,19+/m1/s1. The highest BCUT2D eigenvalue weighted by Crippen LogP contribution is 2.35. The van der Waals surface area contributed by atoms with Crippen molar-refractivity contribution in [3.05, 3.63) is 54.1 Å². The summed E-state index contributed by atoms with van der Waals surface area (Å²) in [6.07, 6.45) is 8.54. The van der Waals surface area contributed by atoms with Gasteiger partial charge in [0, 0.05) is 44.0 Å². The van der Waals surface area contributed by atoms with E-state index >= 15 is 0 Å². The molecule has 2 aromatic rings. The SMILES string of the molecule is O=C(C[C@H]1CC[C@@H](CNC(=O)c2ccc[nH]2)N1CC1CC1)NCc1ccccn1. The van der Waals surface area contributed by atoms with Crippen LogP contribution in [0.2, 0.25) is 0 Å². The lowest BCUT2D eigenvalue weighted by Crippen LogP contribution is -2.45. The van der Waals surface area contributed by atoms with Crippen molar-refractivity contribution in [1.82, 2.24) is 25.5 Å². The lowest BCUT2D eigenvalue weighted by molar-refractivity contribution is -0.122. The quantitative estimate of drug-likeness (QED) is 0.606. The minimum atomic E-state index is -0.0714. The number of pyridine rings is 1. The Morgan fingerprint density at radius 2 is 1.93 bits per heavy atom. The van der Waals surface area contributed by atoms with E-state index in [0.29, 0.717) is 31.2 Å². The first-order valence-electron chi connectivity index (χ1n) is 10.5. The van der Waals surface area contributed by atoms with Crippen molar-refractivity contribution in [3.8, 4) is 0 Å². The van der Waals surface area contributed by atoms with Crippen molar-refractivity contribution in [2.45, 2.75) is 50.7 Å². The van der Waals surface area contributed by atoms with Gasteiger partial charge in [-0.15, -0.1) is 0 Å². The molecule has 0 radical (unpaired) electrons. The van der Waals surface area contributed by atoms with Crippen molar-refractivity contribution < 1.29 is 9.59 Å². The Labute approximate surface area is 171 Å². The molecule has 154 valence electrons. The van der Waals surface area contributed by atoms with Crippen LogP contribution in [-0.2, 0) is 11.3 Å². The first-order valence-corrected chi connectivity index (χ1v) is 10.5. The molecular weight excluding hydrogens is 366 g/mol. The Morgan fingerprint density at radius 1 is 1.07 bits per heavy atom. The molecule has 1 aliphatic carbocycles. The van der Waals surface area contributed by atoms with Crippen LogP contribution in [0.15, 0.2) is 42.7 Å². The molecule has 7 heteroatoms. The number of amides is 2. The molecule has 1 saturated heterocycles. The van der Waals surface area contributed by atoms with Gasteiger partial charge >= 0.3 is 0 Å². The zero-order valence-corrected chi connectivity index (χ0v) is 16.6. The molecule has 2 aliphatic rings. The van der Waals surface area contributed by atoms with E-state index in [1.807, 2.05) is 24.3 Å². The van der Waals surface area contributed by atoms with Crippen molar-refractivity contribution in [2.24, 2.45) is 5.92 Å². The van der Waals surface area contributed by atoms with E-state index in [0.717, 1.165) is 31.0 Å². The molecule has 2 atom stereocenters. The summed E-state index contributed by atoms with van der Waals surface area (Å²) in [4.78, 5) is 34.4. The molecule has 29 heavy (non-hydrogen) atoms. The number of H-pyrrole nitrogens is 1. The van der Waals surface area contributed by atoms with Gasteiger partial charge in [-0.2, -0.15) is 0 Å². The minimum absolute atomic E-state index is 0.0671. The number of carbonyl (C=O) groups excluding carboxylic acids is 2. The molecule has 2 aromatic heterocycles. The first-order chi connectivity index (χ1) is 14.2. The van der Waals surface area contributed by atoms with Crippen molar-refractivity contribution in [3.63, 3.8) is 0 Å². The van der Waals surface area contributed by atoms with Crippen LogP contribution in [0.25, 0.3) is 0 Å². The fourth-order valence-electron chi connectivity index (χ4n) is 4.11. The third-order valence-electron chi connectivity index (χ3n) is 5.89. The van der Waals surface area contributed by atoms with Gasteiger partial charge in [-0.05, 0) is 55.9 Å². The highest BCUT2D eigenvalue weighted by atomic mass is 16.2.